The Balaban J connectivity index is 6.02. The molecule has 27 heavy (non-hydrogen) atoms. The number of nitrogens with zero attached hydrogens (tertiary/aromatic N) is 1. The Morgan fingerprint density at radius 2 is 1.37 bits per heavy atom. The number of rotatable bonds is 11. The molecule has 162 valence electrons. The third-order valence-electron chi connectivity index (χ3n) is 3.35. The fourth-order valence-electron chi connectivity index (χ4n) is 1.83. The standard InChI is InChI=1S/C12H16F9NO4S/c1-2-3-4-5-6-22(7-8(23)24)27(25,26)12(20,21)10(15,16)9(13,14)11(17,18)19/h2-7H2,1H3,(H,23,24). The number of unbranched alkanes of at least 4 members (excludes halogenated alkanes) is 3. The van der Waals surface area contributed by atoms with Crippen LogP contribution in [-0.2, 0) is 14.8 Å². The van der Waals surface area contributed by atoms with Gasteiger partial charge in [0, 0.05) is 6.54 Å². The van der Waals surface area contributed by atoms with E-state index < -0.39 is 56.7 Å². The van der Waals surface area contributed by atoms with Crippen LogP contribution in [0.2, 0.25) is 0 Å². The van der Waals surface area contributed by atoms with E-state index >= 15 is 0 Å². The summed E-state index contributed by atoms with van der Waals surface area (Å²) in [6.45, 7) is -1.23. The summed E-state index contributed by atoms with van der Waals surface area (Å²) in [5.41, 5.74) is 0. The van der Waals surface area contributed by atoms with Gasteiger partial charge in [0.25, 0.3) is 10.0 Å². The van der Waals surface area contributed by atoms with Crippen molar-refractivity contribution in [3.8, 4) is 0 Å². The third-order valence-corrected chi connectivity index (χ3v) is 5.25. The van der Waals surface area contributed by atoms with Gasteiger partial charge in [-0.2, -0.15) is 43.8 Å². The largest absolute Gasteiger partial charge is 0.480 e. The van der Waals surface area contributed by atoms with Crippen LogP contribution in [0, 0.1) is 0 Å². The number of hydrogen-bond acceptors (Lipinski definition) is 3. The van der Waals surface area contributed by atoms with E-state index in [0.717, 1.165) is 0 Å². The van der Waals surface area contributed by atoms with Gasteiger partial charge in [0.2, 0.25) is 0 Å². The van der Waals surface area contributed by atoms with Gasteiger partial charge in [0.15, 0.2) is 0 Å². The lowest BCUT2D eigenvalue weighted by atomic mass is 10.1. The van der Waals surface area contributed by atoms with Crippen LogP contribution in [0.5, 0.6) is 0 Å². The van der Waals surface area contributed by atoms with Gasteiger partial charge in [-0.05, 0) is 6.42 Å². The van der Waals surface area contributed by atoms with Gasteiger partial charge in [0.1, 0.15) is 6.54 Å². The Hall–Kier alpha value is -1.25. The van der Waals surface area contributed by atoms with Crippen LogP contribution in [0.4, 0.5) is 39.5 Å². The summed E-state index contributed by atoms with van der Waals surface area (Å²) in [5.74, 6) is -16.9. The maximum Gasteiger partial charge on any atom is 0.460 e. The van der Waals surface area contributed by atoms with Gasteiger partial charge in [0.05, 0.1) is 0 Å². The Morgan fingerprint density at radius 1 is 0.889 bits per heavy atom. The van der Waals surface area contributed by atoms with Crippen molar-refractivity contribution in [3.63, 3.8) is 0 Å². The Bertz CT molecular complexity index is 619. The molecule has 0 aliphatic carbocycles. The molecule has 0 heterocycles. The summed E-state index contributed by atoms with van der Waals surface area (Å²) >= 11 is 0. The van der Waals surface area contributed by atoms with Crippen molar-refractivity contribution in [2.75, 3.05) is 13.1 Å². The molecule has 0 fully saturated rings. The van der Waals surface area contributed by atoms with Crippen LogP contribution in [0.3, 0.4) is 0 Å². The van der Waals surface area contributed by atoms with E-state index in [2.05, 4.69) is 0 Å². The second-order valence-corrected chi connectivity index (χ2v) is 7.44. The van der Waals surface area contributed by atoms with Gasteiger partial charge in [-0.1, -0.05) is 26.2 Å². The minimum absolute atomic E-state index is 0.142. The highest BCUT2D eigenvalue weighted by molar-refractivity contribution is 7.90. The highest BCUT2D eigenvalue weighted by Crippen LogP contribution is 2.55. The zero-order valence-electron chi connectivity index (χ0n) is 13.7. The number of carboxylic acid groups (broad SMARTS) is 1. The molecule has 0 bridgehead atoms. The number of aliphatic carboxylic acids is 1. The fraction of sp³-hybridized carbons (Fsp3) is 0.917. The maximum atomic E-state index is 13.7. The number of alkyl halides is 9. The van der Waals surface area contributed by atoms with Crippen LogP contribution in [-0.4, -0.2) is 60.2 Å². The number of carbonyl (C=O) groups is 1. The first-order valence-corrected chi connectivity index (χ1v) is 8.73. The van der Waals surface area contributed by atoms with Gasteiger partial charge in [-0.15, -0.1) is 0 Å². The molecule has 0 amide bonds. The van der Waals surface area contributed by atoms with Crippen molar-refractivity contribution < 1.29 is 57.8 Å². The molecule has 0 radical (unpaired) electrons. The highest BCUT2D eigenvalue weighted by Gasteiger charge is 2.85. The van der Waals surface area contributed by atoms with E-state index in [0.29, 0.717) is 12.8 Å². The van der Waals surface area contributed by atoms with Gasteiger partial charge < -0.3 is 5.11 Å². The molecule has 0 rings (SSSR count). The van der Waals surface area contributed by atoms with Crippen LogP contribution >= 0.6 is 0 Å². The molecule has 0 aromatic carbocycles. The second-order valence-electron chi connectivity index (χ2n) is 5.46. The summed E-state index contributed by atoms with van der Waals surface area (Å²) < 4.78 is 139. The van der Waals surface area contributed by atoms with Gasteiger partial charge in [-0.25, -0.2) is 8.42 Å². The predicted molar refractivity (Wildman–Crippen MR) is 73.2 cm³/mol. The summed E-state index contributed by atoms with van der Waals surface area (Å²) in [6, 6.07) is 0. The monoisotopic (exact) mass is 441 g/mol. The van der Waals surface area contributed by atoms with Crippen molar-refractivity contribution in [2.24, 2.45) is 0 Å². The molecule has 0 unspecified atom stereocenters. The highest BCUT2D eigenvalue weighted by atomic mass is 32.2. The van der Waals surface area contributed by atoms with E-state index in [4.69, 9.17) is 5.11 Å². The summed E-state index contributed by atoms with van der Waals surface area (Å²) in [5, 5.41) is 1.61. The maximum absolute atomic E-state index is 13.7. The average Bonchev–Trinajstić information content (AvgIpc) is 2.48. The zero-order chi connectivity index (χ0) is 21.9. The number of carboxylic acids is 1. The molecule has 0 saturated heterocycles. The van der Waals surface area contributed by atoms with Crippen molar-refractivity contribution in [1.29, 1.82) is 0 Å². The van der Waals surface area contributed by atoms with Crippen molar-refractivity contribution in [1.82, 2.24) is 4.31 Å². The van der Waals surface area contributed by atoms with Crippen LogP contribution < -0.4 is 0 Å². The van der Waals surface area contributed by atoms with Crippen molar-refractivity contribution in [2.45, 2.75) is 55.9 Å². The minimum Gasteiger partial charge on any atom is -0.480 e. The number of halogens is 9. The molecule has 0 aliphatic heterocycles. The smallest absolute Gasteiger partial charge is 0.460 e. The summed E-state index contributed by atoms with van der Waals surface area (Å²) in [7, 11) is -6.89. The van der Waals surface area contributed by atoms with Gasteiger partial charge >= 0.3 is 29.2 Å². The van der Waals surface area contributed by atoms with E-state index in [1.54, 1.807) is 6.92 Å². The average molecular weight is 441 g/mol. The normalized spacial score (nSPS) is 14.6. The molecule has 0 atom stereocenters. The Labute approximate surface area is 148 Å². The van der Waals surface area contributed by atoms with Crippen molar-refractivity contribution in [3.05, 3.63) is 0 Å². The lowest BCUT2D eigenvalue weighted by Crippen LogP contribution is -2.65. The SMILES string of the molecule is CCCCCCN(CC(=O)O)S(=O)(=O)C(F)(F)C(F)(F)C(F)(F)C(F)(F)F. The summed E-state index contributed by atoms with van der Waals surface area (Å²) in [4.78, 5) is 10.6. The molecule has 0 aliphatic rings. The molecule has 15 heteroatoms. The molecule has 5 nitrogen and oxygen atoms in total. The first kappa shape index (κ1) is 25.8. The third kappa shape index (κ3) is 4.97. The molecule has 0 saturated carbocycles. The minimum atomic E-state index is -7.40. The van der Waals surface area contributed by atoms with Crippen molar-refractivity contribution >= 4 is 16.0 Å². The predicted octanol–water partition coefficient (Wildman–Crippen LogP) is 3.71. The molecular formula is C12H16F9NO4S. The first-order chi connectivity index (χ1) is 11.9. The lowest BCUT2D eigenvalue weighted by molar-refractivity contribution is -0.382. The number of hydrogen-bond donors (Lipinski definition) is 1. The molecular weight excluding hydrogens is 425 g/mol. The number of sulfonamides is 1. The molecule has 0 spiro atoms. The van der Waals surface area contributed by atoms with Crippen LogP contribution in [0.15, 0.2) is 0 Å². The second kappa shape index (κ2) is 8.41. The quantitative estimate of drug-likeness (QED) is 0.392. The van der Waals surface area contributed by atoms with Crippen LogP contribution in [0.25, 0.3) is 0 Å². The molecule has 0 aromatic rings. The van der Waals surface area contributed by atoms with E-state index in [9.17, 15) is 52.7 Å². The summed E-state index contributed by atoms with van der Waals surface area (Å²) in [6.07, 6.45) is -6.38. The van der Waals surface area contributed by atoms with E-state index in [-0.39, 0.29) is 12.8 Å². The van der Waals surface area contributed by atoms with Gasteiger partial charge in [-0.3, -0.25) is 4.79 Å². The zero-order valence-corrected chi connectivity index (χ0v) is 14.5. The molecule has 0 aromatic heterocycles. The van der Waals surface area contributed by atoms with Crippen LogP contribution in [0.1, 0.15) is 32.6 Å². The lowest BCUT2D eigenvalue weighted by Gasteiger charge is -2.35. The van der Waals surface area contributed by atoms with E-state index in [1.807, 2.05) is 0 Å². The Kier molecular flexibility index (Phi) is 8.02. The fourth-order valence-corrected chi connectivity index (χ4v) is 3.26. The Morgan fingerprint density at radius 3 is 1.74 bits per heavy atom. The van der Waals surface area contributed by atoms with E-state index in [1.165, 1.54) is 0 Å². The first-order valence-electron chi connectivity index (χ1n) is 7.29. The topological polar surface area (TPSA) is 74.7 Å². The molecule has 1 N–H and O–H groups in total.